The molecule has 0 aliphatic heterocycles. The third-order valence-electron chi connectivity index (χ3n) is 9.46. The molecule has 45 heavy (non-hydrogen) atoms. The van der Waals surface area contributed by atoms with E-state index in [1.807, 2.05) is 0 Å². The molecule has 0 aliphatic carbocycles. The van der Waals surface area contributed by atoms with Gasteiger partial charge in [0.05, 0.1) is 0 Å². The van der Waals surface area contributed by atoms with Crippen LogP contribution in [0.4, 0.5) is 0 Å². The van der Waals surface area contributed by atoms with Crippen LogP contribution in [0.2, 0.25) is 0 Å². The fraction of sp³-hybridized carbons (Fsp3) is 0.674. The van der Waals surface area contributed by atoms with Gasteiger partial charge < -0.3 is 0 Å². The molecule has 0 spiro atoms. The Kier molecular flexibility index (Phi) is 13.5. The molecule has 0 amide bonds. The number of rotatable bonds is 14. The van der Waals surface area contributed by atoms with Crippen LogP contribution in [0.15, 0.2) is 24.3 Å². The van der Waals surface area contributed by atoms with E-state index in [0.29, 0.717) is 37.2 Å². The fourth-order valence-corrected chi connectivity index (χ4v) is 6.94. The monoisotopic (exact) mass is 617 g/mol. The van der Waals surface area contributed by atoms with Crippen molar-refractivity contribution in [3.05, 3.63) is 68.8 Å². The lowest BCUT2D eigenvalue weighted by Crippen LogP contribution is -2.20. The Morgan fingerprint density at radius 3 is 0.911 bits per heavy atom. The van der Waals surface area contributed by atoms with Crippen LogP contribution in [0.3, 0.4) is 0 Å². The molecule has 0 radical (unpaired) electrons. The summed E-state index contributed by atoms with van der Waals surface area (Å²) in [6.45, 7) is 31.9. The molecule has 252 valence electrons. The first-order valence-corrected chi connectivity index (χ1v) is 17.8. The highest BCUT2D eigenvalue weighted by Crippen LogP contribution is 2.36. The predicted molar refractivity (Wildman–Crippen MR) is 196 cm³/mol. The maximum Gasteiger partial charge on any atom is 0.133 e. The van der Waals surface area contributed by atoms with Gasteiger partial charge in [-0.1, -0.05) is 127 Å². The van der Waals surface area contributed by atoms with Crippen LogP contribution < -0.4 is 0 Å². The maximum absolute atomic E-state index is 12.7. The van der Waals surface area contributed by atoms with Crippen LogP contribution in [-0.2, 0) is 44.1 Å². The van der Waals surface area contributed by atoms with Crippen LogP contribution in [0, 0.1) is 13.8 Å². The van der Waals surface area contributed by atoms with Crippen LogP contribution in [0.25, 0.3) is 0 Å². The van der Waals surface area contributed by atoms with E-state index in [0.717, 1.165) is 44.9 Å². The van der Waals surface area contributed by atoms with Gasteiger partial charge in [0.2, 0.25) is 0 Å². The summed E-state index contributed by atoms with van der Waals surface area (Å²) in [4.78, 5) is 25.5. The van der Waals surface area contributed by atoms with Crippen LogP contribution in [0.5, 0.6) is 0 Å². The molecule has 0 heterocycles. The number of unbranched alkanes of at least 4 members (excludes halogenated alkanes) is 4. The van der Waals surface area contributed by atoms with E-state index in [2.05, 4.69) is 121 Å². The normalized spacial score (nSPS) is 12.9. The molecular formula is C43H68O2. The third-order valence-corrected chi connectivity index (χ3v) is 9.46. The zero-order valence-corrected chi connectivity index (χ0v) is 31.9. The number of benzene rings is 2. The smallest absolute Gasteiger partial charge is 0.133 e. The van der Waals surface area contributed by atoms with Gasteiger partial charge in [-0.05, 0) is 106 Å². The Balaban J connectivity index is 1.75. The summed E-state index contributed by atoms with van der Waals surface area (Å²) in [5.74, 6) is 0.751. The van der Waals surface area contributed by atoms with Crippen molar-refractivity contribution in [2.45, 2.75) is 189 Å². The lowest BCUT2D eigenvalue weighted by atomic mass is 9.75. The largest absolute Gasteiger partial charge is 0.300 e. The summed E-state index contributed by atoms with van der Waals surface area (Å²) in [6.07, 6.45) is 9.41. The Labute approximate surface area is 278 Å². The van der Waals surface area contributed by atoms with Gasteiger partial charge >= 0.3 is 0 Å². The Hall–Kier alpha value is -2.22. The van der Waals surface area contributed by atoms with Crippen molar-refractivity contribution >= 4 is 11.6 Å². The number of Topliss-reactive ketones (excluding diaryl/α,β-unsaturated/α-hetero) is 2. The van der Waals surface area contributed by atoms with Crippen molar-refractivity contribution in [3.63, 3.8) is 0 Å². The van der Waals surface area contributed by atoms with E-state index >= 15 is 0 Å². The third kappa shape index (κ3) is 12.1. The molecule has 0 saturated heterocycles. The van der Waals surface area contributed by atoms with E-state index < -0.39 is 0 Å². The van der Waals surface area contributed by atoms with Crippen molar-refractivity contribution in [1.29, 1.82) is 0 Å². The summed E-state index contributed by atoms with van der Waals surface area (Å²) in [6, 6.07) is 9.36. The topological polar surface area (TPSA) is 34.1 Å². The van der Waals surface area contributed by atoms with Crippen molar-refractivity contribution in [2.75, 3.05) is 0 Å². The summed E-state index contributed by atoms with van der Waals surface area (Å²) >= 11 is 0. The van der Waals surface area contributed by atoms with Gasteiger partial charge in [0, 0.05) is 25.7 Å². The van der Waals surface area contributed by atoms with E-state index in [9.17, 15) is 9.59 Å². The Bertz CT molecular complexity index is 1120. The molecule has 0 atom stereocenters. The van der Waals surface area contributed by atoms with E-state index in [4.69, 9.17) is 0 Å². The van der Waals surface area contributed by atoms with Gasteiger partial charge in [0.25, 0.3) is 0 Å². The number of aryl methyl sites for hydroxylation is 2. The molecule has 2 aromatic carbocycles. The number of carbonyl (C=O) groups is 2. The highest BCUT2D eigenvalue weighted by molar-refractivity contribution is 5.79. The lowest BCUT2D eigenvalue weighted by molar-refractivity contribution is -0.119. The summed E-state index contributed by atoms with van der Waals surface area (Å²) in [5.41, 5.74) is 11.3. The number of hydrogen-bond acceptors (Lipinski definition) is 2. The molecule has 0 bridgehead atoms. The Morgan fingerprint density at radius 1 is 0.422 bits per heavy atom. The first-order chi connectivity index (χ1) is 20.5. The van der Waals surface area contributed by atoms with Gasteiger partial charge in [-0.15, -0.1) is 0 Å². The van der Waals surface area contributed by atoms with E-state index in [1.54, 1.807) is 0 Å². The fourth-order valence-electron chi connectivity index (χ4n) is 6.94. The molecule has 2 heteroatoms. The molecular weight excluding hydrogens is 548 g/mol. The molecule has 2 aromatic rings. The molecule has 0 N–H and O–H groups in total. The number of ketones is 2. The second-order valence-electron chi connectivity index (χ2n) is 18.0. The highest BCUT2D eigenvalue weighted by Gasteiger charge is 2.26. The first kappa shape index (κ1) is 39.0. The second kappa shape index (κ2) is 15.6. The minimum Gasteiger partial charge on any atom is -0.300 e. The van der Waals surface area contributed by atoms with Crippen molar-refractivity contribution in [1.82, 2.24) is 0 Å². The van der Waals surface area contributed by atoms with Gasteiger partial charge in [0.1, 0.15) is 11.6 Å². The van der Waals surface area contributed by atoms with Crippen LogP contribution in [-0.4, -0.2) is 11.6 Å². The molecule has 0 aromatic heterocycles. The molecule has 0 aliphatic rings. The lowest BCUT2D eigenvalue weighted by Gasteiger charge is -2.30. The molecule has 2 nitrogen and oxygen atoms in total. The van der Waals surface area contributed by atoms with Gasteiger partial charge in [-0.2, -0.15) is 0 Å². The minimum atomic E-state index is 0.0854. The van der Waals surface area contributed by atoms with E-state index in [1.165, 1.54) is 44.5 Å². The van der Waals surface area contributed by atoms with Crippen molar-refractivity contribution in [3.8, 4) is 0 Å². The van der Waals surface area contributed by atoms with Crippen LogP contribution >= 0.6 is 0 Å². The standard InChI is InChI=1S/C43H68O2/c1-30-36(40(3,4)5)26-32(27-37(30)41(6,7)8)22-24-34(44)20-18-16-15-17-19-21-35(45)25-23-33-28-38(42(9,10)11)31(2)39(29-33)43(12,13)14/h26-29H,15-25H2,1-14H3. The molecule has 0 saturated carbocycles. The first-order valence-electron chi connectivity index (χ1n) is 17.8. The molecule has 0 unspecified atom stereocenters. The number of carbonyl (C=O) groups excluding carboxylic acids is 2. The number of hydrogen-bond donors (Lipinski definition) is 0. The minimum absolute atomic E-state index is 0.0854. The van der Waals surface area contributed by atoms with Gasteiger partial charge in [-0.3, -0.25) is 9.59 Å². The summed E-state index contributed by atoms with van der Waals surface area (Å²) in [7, 11) is 0. The average Bonchev–Trinajstić information content (AvgIpc) is 2.88. The van der Waals surface area contributed by atoms with Gasteiger partial charge in [-0.25, -0.2) is 0 Å². The van der Waals surface area contributed by atoms with Gasteiger partial charge in [0.15, 0.2) is 0 Å². The SMILES string of the molecule is Cc1c(C(C)(C)C)cc(CCC(=O)CCCCCCCC(=O)CCc2cc(C(C)(C)C)c(C)c(C(C)(C)C)c2)cc1C(C)(C)C. The zero-order valence-electron chi connectivity index (χ0n) is 31.9. The quantitative estimate of drug-likeness (QED) is 0.198. The maximum atomic E-state index is 12.7. The average molecular weight is 617 g/mol. The second-order valence-corrected chi connectivity index (χ2v) is 18.0. The van der Waals surface area contributed by atoms with E-state index in [-0.39, 0.29) is 21.7 Å². The van der Waals surface area contributed by atoms with Crippen molar-refractivity contribution in [2.24, 2.45) is 0 Å². The van der Waals surface area contributed by atoms with Crippen LogP contribution in [0.1, 0.15) is 185 Å². The summed E-state index contributed by atoms with van der Waals surface area (Å²) < 4.78 is 0. The predicted octanol–water partition coefficient (Wildman–Crippen LogP) is 11.9. The Morgan fingerprint density at radius 2 is 0.667 bits per heavy atom. The zero-order chi connectivity index (χ0) is 34.4. The highest BCUT2D eigenvalue weighted by atomic mass is 16.1. The molecule has 2 rings (SSSR count). The summed E-state index contributed by atoms with van der Waals surface area (Å²) in [5, 5.41) is 0. The molecule has 0 fully saturated rings. The van der Waals surface area contributed by atoms with Crippen molar-refractivity contribution < 1.29 is 9.59 Å².